The molecule has 0 saturated carbocycles. The summed E-state index contributed by atoms with van der Waals surface area (Å²) in [7, 11) is 0. The minimum atomic E-state index is -1.45. The summed E-state index contributed by atoms with van der Waals surface area (Å²) < 4.78 is 12.5. The molecule has 0 aromatic heterocycles. The van der Waals surface area contributed by atoms with E-state index in [2.05, 4.69) is 0 Å². The minimum absolute atomic E-state index is 0.203. The van der Waals surface area contributed by atoms with Crippen LogP contribution in [0.5, 0.6) is 0 Å². The molecular formula is C31H31ClN2O6. The van der Waals surface area contributed by atoms with Gasteiger partial charge < -0.3 is 24.4 Å². The predicted molar refractivity (Wildman–Crippen MR) is 148 cm³/mol. The van der Waals surface area contributed by atoms with E-state index in [1.54, 1.807) is 35.2 Å². The molecule has 1 spiro atoms. The molecule has 4 heterocycles. The third-order valence-electron chi connectivity index (χ3n) is 8.67. The molecule has 8 nitrogen and oxygen atoms in total. The standard InChI is InChI=1S/C31H31ClN2O6/c1-2-30-15-6-7-18-39-29(38)25(30)24-27(36)34(23(19-35)20-9-4-3-5-10-20)26-28(37)33(17-8-16-31(24,26)40-30)22-13-11-21(32)12-14-22/h3-6,8-16,23-26,35H,2,7,17-19H2,1H3/t23-,24+,25+,26?,30-,31+/m1/s1. The third kappa shape index (κ3) is 3.92. The summed E-state index contributed by atoms with van der Waals surface area (Å²) in [6.07, 6.45) is 8.35. The van der Waals surface area contributed by atoms with E-state index >= 15 is 0 Å². The van der Waals surface area contributed by atoms with E-state index in [1.165, 1.54) is 4.90 Å². The number of rotatable bonds is 5. The lowest BCUT2D eigenvalue weighted by Gasteiger charge is -2.41. The molecule has 2 saturated heterocycles. The smallest absolute Gasteiger partial charge is 0.313 e. The highest BCUT2D eigenvalue weighted by Crippen LogP contribution is 2.59. The highest BCUT2D eigenvalue weighted by molar-refractivity contribution is 6.30. The van der Waals surface area contributed by atoms with Crippen molar-refractivity contribution in [2.24, 2.45) is 11.8 Å². The van der Waals surface area contributed by atoms with Crippen LogP contribution in [0.4, 0.5) is 5.69 Å². The largest absolute Gasteiger partial charge is 0.465 e. The molecule has 0 bridgehead atoms. The van der Waals surface area contributed by atoms with Gasteiger partial charge in [-0.1, -0.05) is 73.2 Å². The Kier molecular flexibility index (Phi) is 6.81. The van der Waals surface area contributed by atoms with Gasteiger partial charge in [-0.2, -0.15) is 0 Å². The highest BCUT2D eigenvalue weighted by atomic mass is 35.5. The van der Waals surface area contributed by atoms with Crippen molar-refractivity contribution in [3.8, 4) is 0 Å². The van der Waals surface area contributed by atoms with Crippen LogP contribution >= 0.6 is 11.6 Å². The first-order chi connectivity index (χ1) is 19.4. The van der Waals surface area contributed by atoms with Gasteiger partial charge in [-0.3, -0.25) is 14.4 Å². The second-order valence-electron chi connectivity index (χ2n) is 10.7. The maximum atomic E-state index is 14.6. The van der Waals surface area contributed by atoms with Crippen molar-refractivity contribution < 1.29 is 29.0 Å². The molecule has 1 unspecified atom stereocenters. The van der Waals surface area contributed by atoms with Crippen molar-refractivity contribution in [1.82, 2.24) is 4.90 Å². The summed E-state index contributed by atoms with van der Waals surface area (Å²) in [5.41, 5.74) is -1.29. The van der Waals surface area contributed by atoms with Gasteiger partial charge in [-0.25, -0.2) is 0 Å². The number of hydrogen-bond acceptors (Lipinski definition) is 6. The number of fused-ring (bicyclic) bond motifs is 2. The fourth-order valence-electron chi connectivity index (χ4n) is 6.89. The lowest BCUT2D eigenvalue weighted by molar-refractivity contribution is -0.161. The maximum Gasteiger partial charge on any atom is 0.313 e. The zero-order valence-corrected chi connectivity index (χ0v) is 22.9. The molecule has 0 radical (unpaired) electrons. The summed E-state index contributed by atoms with van der Waals surface area (Å²) >= 11 is 6.12. The van der Waals surface area contributed by atoms with E-state index in [0.717, 1.165) is 0 Å². The van der Waals surface area contributed by atoms with Crippen LogP contribution in [-0.2, 0) is 23.9 Å². The Morgan fingerprint density at radius 2 is 1.75 bits per heavy atom. The summed E-state index contributed by atoms with van der Waals surface area (Å²) in [5.74, 6) is -3.27. The van der Waals surface area contributed by atoms with Gasteiger partial charge in [0.05, 0.1) is 25.2 Å². The van der Waals surface area contributed by atoms with Gasteiger partial charge in [0.25, 0.3) is 5.91 Å². The molecule has 4 aliphatic rings. The zero-order valence-electron chi connectivity index (χ0n) is 22.1. The summed E-state index contributed by atoms with van der Waals surface area (Å²) in [6.45, 7) is 1.93. The molecule has 4 aliphatic heterocycles. The first-order valence-electron chi connectivity index (χ1n) is 13.6. The second-order valence-corrected chi connectivity index (χ2v) is 11.1. The SMILES string of the molecule is CC[C@@]12C=CCCOC(=O)[C@@H]1[C@H]1C(=O)N([C@H](CO)c3ccccc3)C3C(=O)N(c4ccc(Cl)cc4)CC=C[C@@]31O2. The van der Waals surface area contributed by atoms with Crippen LogP contribution in [0, 0.1) is 11.8 Å². The number of benzene rings is 2. The Morgan fingerprint density at radius 3 is 2.45 bits per heavy atom. The van der Waals surface area contributed by atoms with Gasteiger partial charge in [0.2, 0.25) is 5.91 Å². The van der Waals surface area contributed by atoms with Crippen LogP contribution in [0.25, 0.3) is 0 Å². The molecule has 1 N–H and O–H groups in total. The van der Waals surface area contributed by atoms with Crippen molar-refractivity contribution in [2.45, 2.75) is 43.1 Å². The normalized spacial score (nSPS) is 32.1. The Bertz CT molecular complexity index is 1380. The summed E-state index contributed by atoms with van der Waals surface area (Å²) in [4.78, 5) is 45.9. The minimum Gasteiger partial charge on any atom is -0.465 e. The van der Waals surface area contributed by atoms with E-state index in [1.807, 2.05) is 55.5 Å². The van der Waals surface area contributed by atoms with E-state index in [9.17, 15) is 19.5 Å². The van der Waals surface area contributed by atoms with Crippen LogP contribution in [0.15, 0.2) is 78.9 Å². The number of aliphatic hydroxyl groups excluding tert-OH is 1. The number of halogens is 1. The second kappa shape index (κ2) is 10.2. The van der Waals surface area contributed by atoms with Gasteiger partial charge in [0, 0.05) is 17.3 Å². The lowest BCUT2D eigenvalue weighted by atomic mass is 9.73. The zero-order chi connectivity index (χ0) is 28.1. The van der Waals surface area contributed by atoms with Crippen molar-refractivity contribution >= 4 is 35.1 Å². The number of hydrogen-bond donors (Lipinski definition) is 1. The van der Waals surface area contributed by atoms with E-state index in [4.69, 9.17) is 21.1 Å². The number of nitrogens with zero attached hydrogens (tertiary/aromatic N) is 2. The van der Waals surface area contributed by atoms with Crippen LogP contribution in [0.1, 0.15) is 31.4 Å². The van der Waals surface area contributed by atoms with Crippen molar-refractivity contribution in [2.75, 3.05) is 24.7 Å². The molecule has 6 rings (SSSR count). The summed E-state index contributed by atoms with van der Waals surface area (Å²) in [5, 5.41) is 11.2. The number of ether oxygens (including phenoxy) is 2. The molecule has 208 valence electrons. The quantitative estimate of drug-likeness (QED) is 0.439. The van der Waals surface area contributed by atoms with Gasteiger partial charge in [-0.15, -0.1) is 0 Å². The molecule has 2 aromatic rings. The molecular weight excluding hydrogens is 532 g/mol. The Morgan fingerprint density at radius 1 is 1.00 bits per heavy atom. The topological polar surface area (TPSA) is 96.4 Å². The molecule has 2 amide bonds. The number of anilines is 1. The number of likely N-dealkylation sites (tertiary alicyclic amines) is 1. The van der Waals surface area contributed by atoms with Crippen LogP contribution in [-0.4, -0.2) is 64.8 Å². The number of amides is 2. The first-order valence-corrected chi connectivity index (χ1v) is 14.0. The average molecular weight is 563 g/mol. The van der Waals surface area contributed by atoms with E-state index in [0.29, 0.717) is 29.1 Å². The Labute approximate surface area is 237 Å². The summed E-state index contributed by atoms with van der Waals surface area (Å²) in [6, 6.07) is 14.0. The van der Waals surface area contributed by atoms with Crippen molar-refractivity contribution in [3.05, 3.63) is 89.5 Å². The average Bonchev–Trinajstić information content (AvgIpc) is 3.31. The molecule has 2 fully saturated rings. The number of esters is 1. The molecule has 2 aromatic carbocycles. The molecule has 40 heavy (non-hydrogen) atoms. The van der Waals surface area contributed by atoms with Crippen LogP contribution < -0.4 is 4.90 Å². The van der Waals surface area contributed by atoms with Crippen molar-refractivity contribution in [3.63, 3.8) is 0 Å². The van der Waals surface area contributed by atoms with Crippen LogP contribution in [0.3, 0.4) is 0 Å². The fourth-order valence-corrected chi connectivity index (χ4v) is 7.01. The van der Waals surface area contributed by atoms with E-state index in [-0.39, 0.29) is 19.1 Å². The molecule has 6 atom stereocenters. The lowest BCUT2D eigenvalue weighted by Crippen LogP contribution is -2.57. The maximum absolute atomic E-state index is 14.6. The van der Waals surface area contributed by atoms with Gasteiger partial charge >= 0.3 is 5.97 Å². The first kappa shape index (κ1) is 26.7. The number of cyclic esters (lactones) is 1. The monoisotopic (exact) mass is 562 g/mol. The highest BCUT2D eigenvalue weighted by Gasteiger charge is 2.76. The third-order valence-corrected chi connectivity index (χ3v) is 8.92. The number of aliphatic hydroxyl groups is 1. The Balaban J connectivity index is 1.55. The van der Waals surface area contributed by atoms with Gasteiger partial charge in [-0.05, 0) is 42.7 Å². The predicted octanol–water partition coefficient (Wildman–Crippen LogP) is 3.84. The van der Waals surface area contributed by atoms with Gasteiger partial charge in [0.15, 0.2) is 0 Å². The molecule has 9 heteroatoms. The number of carbonyl (C=O) groups excluding carboxylic acids is 3. The Hall–Kier alpha value is -3.46. The van der Waals surface area contributed by atoms with Crippen molar-refractivity contribution in [1.29, 1.82) is 0 Å². The number of carbonyl (C=O) groups is 3. The van der Waals surface area contributed by atoms with Gasteiger partial charge in [0.1, 0.15) is 23.2 Å². The van der Waals surface area contributed by atoms with Crippen LogP contribution in [0.2, 0.25) is 5.02 Å². The van der Waals surface area contributed by atoms with E-state index < -0.39 is 53.6 Å². The molecule has 0 aliphatic carbocycles. The fraction of sp³-hybridized carbons (Fsp3) is 0.387.